The van der Waals surface area contributed by atoms with Crippen LogP contribution in [0.5, 0.6) is 0 Å². The summed E-state index contributed by atoms with van der Waals surface area (Å²) in [6.07, 6.45) is 14.0. The molecule has 0 bridgehead atoms. The molecule has 3 atom stereocenters. The highest BCUT2D eigenvalue weighted by atomic mass is 14.7. The number of aromatic nitrogens is 1. The van der Waals surface area contributed by atoms with Gasteiger partial charge in [0, 0.05) is 17.0 Å². The average molecular weight is 341 g/mol. The molecular weight excluding hydrogens is 314 g/mol. The fraction of sp³-hybridized carbons (Fsp3) is 0.400. The van der Waals surface area contributed by atoms with E-state index in [1.54, 1.807) is 0 Å². The molecule has 1 heterocycles. The van der Waals surface area contributed by atoms with Crippen LogP contribution in [0.1, 0.15) is 51.8 Å². The molecule has 132 valence electrons. The normalized spacial score (nSPS) is 31.5. The second kappa shape index (κ2) is 5.19. The monoisotopic (exact) mass is 341 g/mol. The van der Waals surface area contributed by atoms with Crippen molar-refractivity contribution in [3.8, 4) is 0 Å². The molecule has 3 aliphatic rings. The van der Waals surface area contributed by atoms with Gasteiger partial charge in [-0.25, -0.2) is 0 Å². The van der Waals surface area contributed by atoms with Crippen molar-refractivity contribution in [2.45, 2.75) is 46.0 Å². The molecule has 3 aliphatic carbocycles. The van der Waals surface area contributed by atoms with E-state index in [1.165, 1.54) is 39.6 Å². The van der Waals surface area contributed by atoms with Gasteiger partial charge in [0.1, 0.15) is 0 Å². The highest BCUT2D eigenvalue weighted by molar-refractivity contribution is 6.00. The number of hydrogen-bond donors (Lipinski definition) is 0. The number of allylic oxidation sites excluding steroid dienone is 6. The van der Waals surface area contributed by atoms with Gasteiger partial charge in [-0.3, -0.25) is 4.98 Å². The second-order valence-electron chi connectivity index (χ2n) is 8.92. The van der Waals surface area contributed by atoms with Gasteiger partial charge in [-0.15, -0.1) is 0 Å². The first-order valence-electron chi connectivity index (χ1n) is 9.94. The molecule has 0 aliphatic heterocycles. The SMILES string of the molecule is CC=CC1(C2CC=CC3=C2c2nccc4cccc(c24)C3(C)C)CC1C. The molecule has 0 amide bonds. The minimum Gasteiger partial charge on any atom is -0.256 e. The molecule has 0 saturated heterocycles. The van der Waals surface area contributed by atoms with Crippen molar-refractivity contribution in [3.63, 3.8) is 0 Å². The minimum atomic E-state index is 0.0231. The quantitative estimate of drug-likeness (QED) is 0.571. The Morgan fingerprint density at radius 1 is 1.19 bits per heavy atom. The third kappa shape index (κ3) is 1.89. The van der Waals surface area contributed by atoms with Gasteiger partial charge in [0.15, 0.2) is 0 Å². The Kier molecular flexibility index (Phi) is 3.20. The first-order chi connectivity index (χ1) is 12.5. The van der Waals surface area contributed by atoms with E-state index in [1.807, 2.05) is 6.20 Å². The van der Waals surface area contributed by atoms with E-state index in [0.29, 0.717) is 11.3 Å². The molecule has 1 saturated carbocycles. The number of nitrogens with zero attached hydrogens (tertiary/aromatic N) is 1. The maximum atomic E-state index is 4.95. The molecule has 1 heteroatoms. The number of benzene rings is 1. The Hall–Kier alpha value is -2.15. The number of fused-ring (bicyclic) bond motifs is 1. The molecule has 26 heavy (non-hydrogen) atoms. The standard InChI is InChI=1S/C25H27N/c1-5-13-25(15-16(25)2)20-11-7-10-19-22(20)23-21-17(12-14-26-23)8-6-9-18(21)24(19,3)4/h5-10,12-14,16,20H,11,15H2,1-4H3. The van der Waals surface area contributed by atoms with Crippen molar-refractivity contribution in [2.24, 2.45) is 17.3 Å². The Labute approximate surface area is 156 Å². The lowest BCUT2D eigenvalue weighted by Crippen LogP contribution is -2.31. The number of pyridine rings is 1. The van der Waals surface area contributed by atoms with Crippen molar-refractivity contribution in [2.75, 3.05) is 0 Å². The molecule has 5 rings (SSSR count). The fourth-order valence-corrected chi connectivity index (χ4v) is 5.76. The smallest absolute Gasteiger partial charge is 0.0749 e. The molecule has 0 N–H and O–H groups in total. The topological polar surface area (TPSA) is 12.9 Å². The predicted octanol–water partition coefficient (Wildman–Crippen LogP) is 6.46. The fourth-order valence-electron chi connectivity index (χ4n) is 5.76. The maximum Gasteiger partial charge on any atom is 0.0749 e. The third-order valence-electron chi connectivity index (χ3n) is 7.23. The van der Waals surface area contributed by atoms with Crippen LogP contribution in [0, 0.1) is 17.3 Å². The summed E-state index contributed by atoms with van der Waals surface area (Å²) in [5.74, 6) is 1.29. The van der Waals surface area contributed by atoms with Gasteiger partial charge >= 0.3 is 0 Å². The second-order valence-corrected chi connectivity index (χ2v) is 8.92. The number of hydrogen-bond acceptors (Lipinski definition) is 1. The van der Waals surface area contributed by atoms with Gasteiger partial charge in [-0.2, -0.15) is 0 Å². The van der Waals surface area contributed by atoms with Crippen molar-refractivity contribution < 1.29 is 0 Å². The molecule has 3 unspecified atom stereocenters. The maximum absolute atomic E-state index is 4.95. The van der Waals surface area contributed by atoms with Crippen LogP contribution in [0.25, 0.3) is 16.3 Å². The summed E-state index contributed by atoms with van der Waals surface area (Å²) >= 11 is 0. The first-order valence-corrected chi connectivity index (χ1v) is 9.94. The Morgan fingerprint density at radius 3 is 2.73 bits per heavy atom. The third-order valence-corrected chi connectivity index (χ3v) is 7.23. The summed E-state index contributed by atoms with van der Waals surface area (Å²) in [6.45, 7) is 9.35. The van der Waals surface area contributed by atoms with E-state index >= 15 is 0 Å². The molecule has 1 nitrogen and oxygen atoms in total. The van der Waals surface area contributed by atoms with Gasteiger partial charge in [0.25, 0.3) is 0 Å². The first kappa shape index (κ1) is 16.1. The molecular formula is C25H27N. The molecule has 1 aromatic heterocycles. The van der Waals surface area contributed by atoms with Crippen LogP contribution < -0.4 is 0 Å². The Bertz CT molecular complexity index is 999. The zero-order valence-corrected chi connectivity index (χ0v) is 16.2. The lowest BCUT2D eigenvalue weighted by Gasteiger charge is -2.41. The summed E-state index contributed by atoms with van der Waals surface area (Å²) < 4.78 is 0. The van der Waals surface area contributed by atoms with E-state index in [4.69, 9.17) is 4.98 Å². The predicted molar refractivity (Wildman–Crippen MR) is 110 cm³/mol. The van der Waals surface area contributed by atoms with E-state index in [2.05, 4.69) is 76.3 Å². The summed E-state index contributed by atoms with van der Waals surface area (Å²) in [7, 11) is 0. The average Bonchev–Trinajstić information content (AvgIpc) is 3.30. The molecule has 0 radical (unpaired) electrons. The minimum absolute atomic E-state index is 0.0231. The van der Waals surface area contributed by atoms with Crippen LogP contribution in [0.15, 0.2) is 60.3 Å². The van der Waals surface area contributed by atoms with Crippen molar-refractivity contribution >= 4 is 16.3 Å². The lowest BCUT2D eigenvalue weighted by molar-refractivity contribution is 0.430. The van der Waals surface area contributed by atoms with E-state index in [0.717, 1.165) is 12.3 Å². The Morgan fingerprint density at radius 2 is 2.00 bits per heavy atom. The van der Waals surface area contributed by atoms with E-state index in [9.17, 15) is 0 Å². The van der Waals surface area contributed by atoms with E-state index in [-0.39, 0.29) is 5.41 Å². The zero-order chi connectivity index (χ0) is 18.1. The molecule has 2 aromatic rings. The van der Waals surface area contributed by atoms with Crippen molar-refractivity contribution in [3.05, 3.63) is 71.6 Å². The van der Waals surface area contributed by atoms with Crippen LogP contribution in [0.4, 0.5) is 0 Å². The van der Waals surface area contributed by atoms with Gasteiger partial charge in [-0.1, -0.05) is 63.3 Å². The van der Waals surface area contributed by atoms with Crippen LogP contribution >= 0.6 is 0 Å². The highest BCUT2D eigenvalue weighted by Gasteiger charge is 2.56. The summed E-state index contributed by atoms with van der Waals surface area (Å²) in [5, 5.41) is 2.70. The van der Waals surface area contributed by atoms with E-state index < -0.39 is 0 Å². The van der Waals surface area contributed by atoms with Gasteiger partial charge in [0.05, 0.1) is 5.69 Å². The van der Waals surface area contributed by atoms with Gasteiger partial charge < -0.3 is 0 Å². The molecule has 1 aromatic carbocycles. The summed E-state index contributed by atoms with van der Waals surface area (Å²) in [5.41, 5.74) is 6.00. The van der Waals surface area contributed by atoms with Crippen molar-refractivity contribution in [1.82, 2.24) is 4.98 Å². The van der Waals surface area contributed by atoms with Crippen molar-refractivity contribution in [1.29, 1.82) is 0 Å². The van der Waals surface area contributed by atoms with Crippen LogP contribution in [0.3, 0.4) is 0 Å². The summed E-state index contributed by atoms with van der Waals surface area (Å²) in [6, 6.07) is 8.90. The molecule has 0 spiro atoms. The lowest BCUT2D eigenvalue weighted by atomic mass is 9.62. The zero-order valence-electron chi connectivity index (χ0n) is 16.2. The Balaban J connectivity index is 1.83. The molecule has 1 fully saturated rings. The van der Waals surface area contributed by atoms with Gasteiger partial charge in [0.2, 0.25) is 0 Å². The largest absolute Gasteiger partial charge is 0.256 e. The van der Waals surface area contributed by atoms with Crippen LogP contribution in [-0.4, -0.2) is 4.98 Å². The number of rotatable bonds is 2. The van der Waals surface area contributed by atoms with Gasteiger partial charge in [-0.05, 0) is 65.2 Å². The van der Waals surface area contributed by atoms with Crippen LogP contribution in [0.2, 0.25) is 0 Å². The summed E-state index contributed by atoms with van der Waals surface area (Å²) in [4.78, 5) is 4.95. The van der Waals surface area contributed by atoms with Crippen LogP contribution in [-0.2, 0) is 5.41 Å². The highest BCUT2D eigenvalue weighted by Crippen LogP contribution is 2.65.